The summed E-state index contributed by atoms with van der Waals surface area (Å²) in [6.45, 7) is 6.25. The van der Waals surface area contributed by atoms with Crippen molar-refractivity contribution < 1.29 is 26.7 Å². The van der Waals surface area contributed by atoms with Crippen LogP contribution in [0.3, 0.4) is 0 Å². The molecule has 6 atom stereocenters. The van der Waals surface area contributed by atoms with Crippen LogP contribution in [0.15, 0.2) is 47.4 Å². The van der Waals surface area contributed by atoms with Crippen molar-refractivity contribution >= 4 is 36.5 Å². The van der Waals surface area contributed by atoms with Gasteiger partial charge in [0.2, 0.25) is 15.9 Å². The van der Waals surface area contributed by atoms with Crippen LogP contribution in [-0.4, -0.2) is 58.0 Å². The Hall–Kier alpha value is -2.01. The Kier molecular flexibility index (Phi) is 9.77. The fourth-order valence-corrected chi connectivity index (χ4v) is 7.67. The first-order chi connectivity index (χ1) is 17.3. The van der Waals surface area contributed by atoms with Crippen LogP contribution in [0.2, 0.25) is 0 Å². The molecule has 1 aliphatic carbocycles. The third kappa shape index (κ3) is 8.24. The van der Waals surface area contributed by atoms with Crippen LogP contribution in [0.4, 0.5) is 0 Å². The predicted octanol–water partition coefficient (Wildman–Crippen LogP) is 3.25. The van der Waals surface area contributed by atoms with Gasteiger partial charge in [0.25, 0.3) is 0 Å². The van der Waals surface area contributed by atoms with Crippen LogP contribution in [0.1, 0.15) is 52.9 Å². The second-order valence-corrected chi connectivity index (χ2v) is 14.5. The van der Waals surface area contributed by atoms with E-state index in [1.165, 1.54) is 12.1 Å². The Morgan fingerprint density at radius 3 is 2.35 bits per heavy atom. The first kappa shape index (κ1) is 29.5. The minimum absolute atomic E-state index is 0.00638. The zero-order valence-electron chi connectivity index (χ0n) is 22.1. The maximum atomic E-state index is 13.2. The van der Waals surface area contributed by atoms with E-state index >= 15 is 0 Å². The minimum atomic E-state index is -4.02. The van der Waals surface area contributed by atoms with E-state index in [0.717, 1.165) is 36.3 Å². The maximum Gasteiger partial charge on any atom is 0.239 e. The van der Waals surface area contributed by atoms with Gasteiger partial charge in [-0.05, 0) is 66.3 Å². The molecular formula is C27H40N2O6S2. The summed E-state index contributed by atoms with van der Waals surface area (Å²) in [6, 6.07) is 9.78. The van der Waals surface area contributed by atoms with E-state index in [2.05, 4.69) is 23.9 Å². The van der Waals surface area contributed by atoms with Gasteiger partial charge in [-0.15, -0.1) is 0 Å². The number of amides is 1. The standard InChI is InChI=1S/C27H40N2O6S2/c1-5-24(26(30)16-21-11-10-18(2)14-19(21)3)28-27(31)25(29-36(4,32)33)17-37(34,35)23-13-12-20-8-6-7-9-22(20)15-23/h6-9,12-13,15,18-19,21,24-26,29-30H,5,10-11,14,16-17H2,1-4H3,(H,28,31)/t18?,19?,21?,24-,25+,26+/m0/s1. The molecule has 37 heavy (non-hydrogen) atoms. The molecule has 3 rings (SSSR count). The summed E-state index contributed by atoms with van der Waals surface area (Å²) in [7, 11) is -7.91. The van der Waals surface area contributed by atoms with E-state index in [1.807, 2.05) is 19.1 Å². The van der Waals surface area contributed by atoms with E-state index < -0.39 is 49.7 Å². The summed E-state index contributed by atoms with van der Waals surface area (Å²) in [6.07, 6.45) is 4.26. The number of benzene rings is 2. The third-order valence-corrected chi connectivity index (χ3v) is 9.98. The Labute approximate surface area is 221 Å². The van der Waals surface area contributed by atoms with Crippen LogP contribution >= 0.6 is 0 Å². The van der Waals surface area contributed by atoms with Crippen molar-refractivity contribution in [3.8, 4) is 0 Å². The molecule has 0 aromatic heterocycles. The molecule has 10 heteroatoms. The zero-order chi connectivity index (χ0) is 27.4. The van der Waals surface area contributed by atoms with E-state index in [-0.39, 0.29) is 4.90 Å². The smallest absolute Gasteiger partial charge is 0.239 e. The quantitative estimate of drug-likeness (QED) is 0.392. The number of carbonyl (C=O) groups is 1. The van der Waals surface area contributed by atoms with Gasteiger partial charge in [0, 0.05) is 0 Å². The lowest BCUT2D eigenvalue weighted by atomic mass is 9.73. The number of rotatable bonds is 11. The van der Waals surface area contributed by atoms with Crippen molar-refractivity contribution in [2.24, 2.45) is 17.8 Å². The number of carbonyl (C=O) groups excluding carboxylic acids is 1. The van der Waals surface area contributed by atoms with Crippen molar-refractivity contribution in [1.82, 2.24) is 10.0 Å². The van der Waals surface area contributed by atoms with Crippen LogP contribution in [0.5, 0.6) is 0 Å². The predicted molar refractivity (Wildman–Crippen MR) is 146 cm³/mol. The molecule has 0 bridgehead atoms. The lowest BCUT2D eigenvalue weighted by Gasteiger charge is -2.35. The average molecular weight is 553 g/mol. The van der Waals surface area contributed by atoms with Crippen molar-refractivity contribution in [2.45, 2.75) is 76.0 Å². The average Bonchev–Trinajstić information content (AvgIpc) is 2.82. The molecule has 0 heterocycles. The number of hydrogen-bond donors (Lipinski definition) is 3. The molecule has 2 aromatic carbocycles. The molecule has 1 aliphatic rings. The fraction of sp³-hybridized carbons (Fsp3) is 0.593. The van der Waals surface area contributed by atoms with Gasteiger partial charge in [-0.1, -0.05) is 57.5 Å². The van der Waals surface area contributed by atoms with Crippen LogP contribution < -0.4 is 10.0 Å². The molecule has 0 saturated heterocycles. The van der Waals surface area contributed by atoms with E-state index in [4.69, 9.17) is 0 Å². The molecule has 1 amide bonds. The van der Waals surface area contributed by atoms with Crippen molar-refractivity contribution in [3.63, 3.8) is 0 Å². The zero-order valence-corrected chi connectivity index (χ0v) is 23.7. The number of sulfonamides is 1. The van der Waals surface area contributed by atoms with Crippen LogP contribution in [-0.2, 0) is 24.7 Å². The Bertz CT molecular complexity index is 1290. The van der Waals surface area contributed by atoms with Crippen LogP contribution in [0.25, 0.3) is 10.8 Å². The second kappa shape index (κ2) is 12.2. The summed E-state index contributed by atoms with van der Waals surface area (Å²) in [5.41, 5.74) is 0. The van der Waals surface area contributed by atoms with Gasteiger partial charge in [0.05, 0.1) is 29.0 Å². The summed E-state index contributed by atoms with van der Waals surface area (Å²) < 4.78 is 52.7. The van der Waals surface area contributed by atoms with E-state index in [0.29, 0.717) is 30.6 Å². The maximum absolute atomic E-state index is 13.2. The fourth-order valence-electron chi connectivity index (χ4n) is 5.40. The number of aliphatic hydroxyl groups excluding tert-OH is 1. The summed E-state index contributed by atoms with van der Waals surface area (Å²) in [5.74, 6) is -0.0360. The second-order valence-electron chi connectivity index (χ2n) is 10.7. The van der Waals surface area contributed by atoms with E-state index in [1.54, 1.807) is 18.2 Å². The molecule has 3 unspecified atom stereocenters. The molecule has 206 valence electrons. The number of fused-ring (bicyclic) bond motifs is 1. The number of nitrogens with one attached hydrogen (secondary N) is 2. The summed E-state index contributed by atoms with van der Waals surface area (Å²) in [5, 5.41) is 15.3. The van der Waals surface area contributed by atoms with Crippen molar-refractivity contribution in [1.29, 1.82) is 0 Å². The van der Waals surface area contributed by atoms with Crippen molar-refractivity contribution in [2.75, 3.05) is 12.0 Å². The summed E-state index contributed by atoms with van der Waals surface area (Å²) >= 11 is 0. The first-order valence-corrected chi connectivity index (χ1v) is 16.5. The third-order valence-electron chi connectivity index (χ3n) is 7.52. The van der Waals surface area contributed by atoms with Gasteiger partial charge in [-0.3, -0.25) is 4.79 Å². The van der Waals surface area contributed by atoms with E-state index in [9.17, 15) is 26.7 Å². The lowest BCUT2D eigenvalue weighted by molar-refractivity contribution is -0.124. The van der Waals surface area contributed by atoms with Gasteiger partial charge >= 0.3 is 0 Å². The largest absolute Gasteiger partial charge is 0.391 e. The topological polar surface area (TPSA) is 130 Å². The highest BCUT2D eigenvalue weighted by Crippen LogP contribution is 2.36. The highest BCUT2D eigenvalue weighted by molar-refractivity contribution is 7.91. The molecule has 8 nitrogen and oxygen atoms in total. The molecule has 1 saturated carbocycles. The molecule has 3 N–H and O–H groups in total. The SMILES string of the molecule is CC[C@H](NC(=O)[C@@H](CS(=O)(=O)c1ccc2ccccc2c1)NS(C)(=O)=O)[C@H](O)CC1CCC(C)CC1C. The van der Waals surface area contributed by atoms with Gasteiger partial charge in [0.1, 0.15) is 6.04 Å². The Morgan fingerprint density at radius 1 is 1.05 bits per heavy atom. The highest BCUT2D eigenvalue weighted by Gasteiger charge is 2.34. The van der Waals surface area contributed by atoms with Crippen LogP contribution in [0, 0.1) is 17.8 Å². The number of hydrogen-bond acceptors (Lipinski definition) is 6. The van der Waals surface area contributed by atoms with Gasteiger partial charge in [0.15, 0.2) is 9.84 Å². The number of sulfone groups is 1. The molecule has 2 aromatic rings. The van der Waals surface area contributed by atoms with Crippen molar-refractivity contribution in [3.05, 3.63) is 42.5 Å². The highest BCUT2D eigenvalue weighted by atomic mass is 32.2. The molecule has 0 radical (unpaired) electrons. The molecule has 0 spiro atoms. The Balaban J connectivity index is 1.76. The number of aliphatic hydroxyl groups is 1. The van der Waals surface area contributed by atoms with Gasteiger partial charge < -0.3 is 10.4 Å². The van der Waals surface area contributed by atoms with Gasteiger partial charge in [-0.2, -0.15) is 0 Å². The molecule has 0 aliphatic heterocycles. The normalized spacial score (nSPS) is 23.3. The van der Waals surface area contributed by atoms with Gasteiger partial charge in [-0.25, -0.2) is 21.6 Å². The summed E-state index contributed by atoms with van der Waals surface area (Å²) in [4.78, 5) is 13.2. The lowest BCUT2D eigenvalue weighted by Crippen LogP contribution is -2.54. The minimum Gasteiger partial charge on any atom is -0.391 e. The molecule has 1 fully saturated rings. The first-order valence-electron chi connectivity index (χ1n) is 13.0. The monoisotopic (exact) mass is 552 g/mol. The molecular weight excluding hydrogens is 512 g/mol. The Morgan fingerprint density at radius 2 is 1.73 bits per heavy atom.